The summed E-state index contributed by atoms with van der Waals surface area (Å²) in [7, 11) is 0. The van der Waals surface area contributed by atoms with Gasteiger partial charge in [-0.05, 0) is 19.1 Å². The molecule has 1 N–H and O–H groups in total. The fraction of sp³-hybridized carbons (Fsp3) is 0.455. The number of amides is 1. The zero-order valence-electron chi connectivity index (χ0n) is 10.2. The smallest absolute Gasteiger partial charge is 0.329 e. The van der Waals surface area contributed by atoms with Gasteiger partial charge in [-0.25, -0.2) is 4.79 Å². The van der Waals surface area contributed by atoms with E-state index in [2.05, 4.69) is 10.2 Å². The molecule has 0 atom stereocenters. The molecule has 0 bridgehead atoms. The fourth-order valence-corrected chi connectivity index (χ4v) is 1.92. The van der Waals surface area contributed by atoms with Gasteiger partial charge < -0.3 is 14.7 Å². The van der Waals surface area contributed by atoms with Crippen molar-refractivity contribution in [3.8, 4) is 0 Å². The van der Waals surface area contributed by atoms with Gasteiger partial charge in [-0.15, -0.1) is 10.2 Å². The second kappa shape index (κ2) is 5.10. The van der Waals surface area contributed by atoms with Crippen LogP contribution < -0.4 is 0 Å². The summed E-state index contributed by atoms with van der Waals surface area (Å²) in [5.41, 5.74) is -0.418. The minimum atomic E-state index is -1.03. The second-order valence-corrected chi connectivity index (χ2v) is 4.92. The van der Waals surface area contributed by atoms with E-state index in [9.17, 15) is 9.59 Å². The van der Waals surface area contributed by atoms with Crippen LogP contribution in [-0.4, -0.2) is 57.4 Å². The molecule has 2 heterocycles. The van der Waals surface area contributed by atoms with Crippen LogP contribution in [-0.2, 0) is 9.53 Å². The van der Waals surface area contributed by atoms with E-state index in [0.29, 0.717) is 13.1 Å². The zero-order chi connectivity index (χ0) is 14.0. The molecule has 0 saturated carbocycles. The van der Waals surface area contributed by atoms with Crippen LogP contribution in [0.5, 0.6) is 0 Å². The van der Waals surface area contributed by atoms with Crippen LogP contribution in [0.3, 0.4) is 0 Å². The van der Waals surface area contributed by atoms with Crippen LogP contribution in [0.1, 0.15) is 17.4 Å². The molecule has 0 radical (unpaired) electrons. The van der Waals surface area contributed by atoms with E-state index in [4.69, 9.17) is 21.4 Å². The van der Waals surface area contributed by atoms with Gasteiger partial charge in [0, 0.05) is 0 Å². The van der Waals surface area contributed by atoms with E-state index in [1.807, 2.05) is 0 Å². The molecule has 7 nitrogen and oxygen atoms in total. The molecular formula is C11H12ClN3O4. The Hall–Kier alpha value is -1.73. The van der Waals surface area contributed by atoms with Crippen molar-refractivity contribution in [3.05, 3.63) is 23.0 Å². The number of likely N-dealkylation sites (tertiary alicyclic amines) is 1. The first-order chi connectivity index (χ1) is 8.89. The monoisotopic (exact) mass is 285 g/mol. The average Bonchev–Trinajstić information content (AvgIpc) is 2.33. The number of hydrogen-bond donors (Lipinski definition) is 1. The van der Waals surface area contributed by atoms with Gasteiger partial charge in [0.05, 0.1) is 13.1 Å². The quantitative estimate of drug-likeness (QED) is 0.863. The van der Waals surface area contributed by atoms with Crippen molar-refractivity contribution in [1.29, 1.82) is 0 Å². The first kappa shape index (κ1) is 13.7. The highest BCUT2D eigenvalue weighted by Crippen LogP contribution is 2.25. The van der Waals surface area contributed by atoms with Crippen molar-refractivity contribution in [2.75, 3.05) is 19.7 Å². The molecule has 2 rings (SSSR count). The summed E-state index contributed by atoms with van der Waals surface area (Å²) in [6, 6.07) is 2.98. The molecule has 0 unspecified atom stereocenters. The minimum Gasteiger partial charge on any atom is -0.480 e. The number of carboxylic acid groups (broad SMARTS) is 1. The van der Waals surface area contributed by atoms with Crippen molar-refractivity contribution in [2.45, 2.75) is 12.5 Å². The SMILES string of the molecule is CC1(OCC(=O)O)CN(C(=O)c2ccc(Cl)nn2)C1. The number of carbonyl (C=O) groups excluding carboxylic acids is 1. The summed E-state index contributed by atoms with van der Waals surface area (Å²) in [4.78, 5) is 23.9. The fourth-order valence-electron chi connectivity index (χ4n) is 1.82. The lowest BCUT2D eigenvalue weighted by molar-refractivity contribution is -0.159. The lowest BCUT2D eigenvalue weighted by Gasteiger charge is -2.46. The largest absolute Gasteiger partial charge is 0.480 e. The molecular weight excluding hydrogens is 274 g/mol. The molecule has 1 saturated heterocycles. The van der Waals surface area contributed by atoms with Crippen molar-refractivity contribution >= 4 is 23.5 Å². The number of nitrogens with zero attached hydrogens (tertiary/aromatic N) is 3. The van der Waals surface area contributed by atoms with Crippen molar-refractivity contribution in [2.24, 2.45) is 0 Å². The third-order valence-electron chi connectivity index (χ3n) is 2.73. The predicted octanol–water partition coefficient (Wildman–Crippen LogP) is 0.446. The van der Waals surface area contributed by atoms with Crippen molar-refractivity contribution in [1.82, 2.24) is 15.1 Å². The van der Waals surface area contributed by atoms with Crippen LogP contribution in [0.25, 0.3) is 0 Å². The highest BCUT2D eigenvalue weighted by Gasteiger charge is 2.43. The molecule has 1 aliphatic rings. The summed E-state index contributed by atoms with van der Waals surface area (Å²) in [5.74, 6) is -1.31. The van der Waals surface area contributed by atoms with Gasteiger partial charge in [0.15, 0.2) is 10.8 Å². The molecule has 1 fully saturated rings. The van der Waals surface area contributed by atoms with Gasteiger partial charge >= 0.3 is 5.97 Å². The molecule has 0 spiro atoms. The first-order valence-electron chi connectivity index (χ1n) is 5.54. The van der Waals surface area contributed by atoms with E-state index in [0.717, 1.165) is 0 Å². The molecule has 1 amide bonds. The second-order valence-electron chi connectivity index (χ2n) is 4.53. The van der Waals surface area contributed by atoms with Gasteiger partial charge in [-0.3, -0.25) is 4.79 Å². The highest BCUT2D eigenvalue weighted by molar-refractivity contribution is 6.29. The Morgan fingerprint density at radius 1 is 1.47 bits per heavy atom. The zero-order valence-corrected chi connectivity index (χ0v) is 10.9. The van der Waals surface area contributed by atoms with Gasteiger partial charge in [0.2, 0.25) is 0 Å². The van der Waals surface area contributed by atoms with Crippen LogP contribution in [0.4, 0.5) is 0 Å². The van der Waals surface area contributed by atoms with E-state index < -0.39 is 11.6 Å². The standard InChI is InChI=1S/C11H12ClN3O4/c1-11(19-4-9(16)17)5-15(6-11)10(18)7-2-3-8(12)14-13-7/h2-3H,4-6H2,1H3,(H,16,17). The number of rotatable bonds is 4. The summed E-state index contributed by atoms with van der Waals surface area (Å²) >= 11 is 5.59. The number of aliphatic carboxylic acids is 1. The normalized spacial score (nSPS) is 16.8. The Balaban J connectivity index is 1.91. The van der Waals surface area contributed by atoms with Gasteiger partial charge in [-0.2, -0.15) is 0 Å². The maximum Gasteiger partial charge on any atom is 0.329 e. The highest BCUT2D eigenvalue weighted by atomic mass is 35.5. The van der Waals surface area contributed by atoms with Gasteiger partial charge in [0.25, 0.3) is 5.91 Å². The number of ether oxygens (including phenoxy) is 1. The molecule has 0 aromatic carbocycles. The van der Waals surface area contributed by atoms with Gasteiger partial charge in [0.1, 0.15) is 12.2 Å². The number of halogens is 1. The maximum atomic E-state index is 12.0. The molecule has 1 aliphatic heterocycles. The lowest BCUT2D eigenvalue weighted by atomic mass is 9.96. The predicted molar refractivity (Wildman–Crippen MR) is 64.9 cm³/mol. The van der Waals surface area contributed by atoms with Crippen molar-refractivity contribution < 1.29 is 19.4 Å². The Morgan fingerprint density at radius 3 is 2.68 bits per heavy atom. The van der Waals surface area contributed by atoms with Crippen LogP contribution in [0, 0.1) is 0 Å². The van der Waals surface area contributed by atoms with Crippen LogP contribution >= 0.6 is 11.6 Å². The summed E-state index contributed by atoms with van der Waals surface area (Å²) in [6.45, 7) is 2.03. The van der Waals surface area contributed by atoms with Gasteiger partial charge in [-0.1, -0.05) is 11.6 Å². The lowest BCUT2D eigenvalue weighted by Crippen LogP contribution is -2.63. The Bertz CT molecular complexity index is 499. The first-order valence-corrected chi connectivity index (χ1v) is 5.92. The molecule has 0 aliphatic carbocycles. The van der Waals surface area contributed by atoms with Crippen LogP contribution in [0.15, 0.2) is 12.1 Å². The summed E-state index contributed by atoms with van der Waals surface area (Å²) in [5, 5.41) is 16.0. The number of hydrogen-bond acceptors (Lipinski definition) is 5. The topological polar surface area (TPSA) is 92.6 Å². The van der Waals surface area contributed by atoms with E-state index in [1.54, 1.807) is 6.92 Å². The molecule has 19 heavy (non-hydrogen) atoms. The third-order valence-corrected chi connectivity index (χ3v) is 2.93. The summed E-state index contributed by atoms with van der Waals surface area (Å²) in [6.07, 6.45) is 0. The number of carboxylic acids is 1. The number of carbonyl (C=O) groups is 2. The maximum absolute atomic E-state index is 12.0. The Morgan fingerprint density at radius 2 is 2.16 bits per heavy atom. The third kappa shape index (κ3) is 3.18. The van der Waals surface area contributed by atoms with Crippen LogP contribution in [0.2, 0.25) is 5.15 Å². The minimum absolute atomic E-state index is 0.199. The van der Waals surface area contributed by atoms with E-state index in [1.165, 1.54) is 17.0 Å². The van der Waals surface area contributed by atoms with Crippen molar-refractivity contribution in [3.63, 3.8) is 0 Å². The average molecular weight is 286 g/mol. The summed E-state index contributed by atoms with van der Waals surface area (Å²) < 4.78 is 5.21. The Kier molecular flexibility index (Phi) is 3.68. The molecule has 8 heteroatoms. The molecule has 1 aromatic rings. The Labute approximate surface area is 114 Å². The van der Waals surface area contributed by atoms with E-state index in [-0.39, 0.29) is 23.4 Å². The number of aromatic nitrogens is 2. The molecule has 102 valence electrons. The van der Waals surface area contributed by atoms with E-state index >= 15 is 0 Å². The molecule has 1 aromatic heterocycles.